The Morgan fingerprint density at radius 2 is 1.71 bits per heavy atom. The number of aromatic nitrogens is 2. The van der Waals surface area contributed by atoms with Crippen LogP contribution in [0.15, 0.2) is 12.4 Å². The molecule has 1 fully saturated rings. The third kappa shape index (κ3) is 3.50. The third-order valence-electron chi connectivity index (χ3n) is 4.72. The second-order valence-corrected chi connectivity index (χ2v) is 6.65. The monoisotopic (exact) mass is 293 g/mol. The van der Waals surface area contributed by atoms with E-state index < -0.39 is 0 Å². The van der Waals surface area contributed by atoms with Crippen LogP contribution in [0.1, 0.15) is 41.5 Å². The lowest BCUT2D eigenvalue weighted by Crippen LogP contribution is -2.41. The summed E-state index contributed by atoms with van der Waals surface area (Å²) in [5, 5.41) is 4.43. The molecule has 0 atom stereocenters. The summed E-state index contributed by atoms with van der Waals surface area (Å²) in [7, 11) is -0.322. The molecule has 1 aromatic heterocycles. The molecular weight excluding hydrogens is 265 g/mol. The van der Waals surface area contributed by atoms with Crippen molar-refractivity contribution in [3.05, 3.63) is 12.4 Å². The predicted octanol–water partition coefficient (Wildman–Crippen LogP) is 1.52. The van der Waals surface area contributed by atoms with Gasteiger partial charge in [0.15, 0.2) is 0 Å². The van der Waals surface area contributed by atoms with Gasteiger partial charge >= 0.3 is 7.12 Å². The van der Waals surface area contributed by atoms with Crippen LogP contribution in [0.3, 0.4) is 0 Å². The fourth-order valence-electron chi connectivity index (χ4n) is 2.39. The highest BCUT2D eigenvalue weighted by Gasteiger charge is 2.52. The van der Waals surface area contributed by atoms with E-state index in [-0.39, 0.29) is 18.3 Å². The summed E-state index contributed by atoms with van der Waals surface area (Å²) >= 11 is 0. The van der Waals surface area contributed by atoms with Crippen molar-refractivity contribution < 1.29 is 9.31 Å². The summed E-state index contributed by atoms with van der Waals surface area (Å²) in [6.45, 7) is 16.7. The first-order valence-corrected chi connectivity index (χ1v) is 7.89. The Morgan fingerprint density at radius 3 is 2.24 bits per heavy atom. The zero-order valence-corrected chi connectivity index (χ0v) is 14.2. The van der Waals surface area contributed by atoms with E-state index in [4.69, 9.17) is 9.31 Å². The van der Waals surface area contributed by atoms with Crippen LogP contribution < -0.4 is 5.46 Å². The Labute approximate surface area is 128 Å². The zero-order valence-electron chi connectivity index (χ0n) is 14.2. The van der Waals surface area contributed by atoms with Crippen LogP contribution in [0.4, 0.5) is 0 Å². The highest BCUT2D eigenvalue weighted by Crippen LogP contribution is 2.36. The Balaban J connectivity index is 1.98. The maximum absolute atomic E-state index is 6.05. The van der Waals surface area contributed by atoms with E-state index in [9.17, 15) is 0 Å². The lowest BCUT2D eigenvalue weighted by Gasteiger charge is -2.32. The molecule has 118 valence electrons. The minimum atomic E-state index is -0.322. The average Bonchev–Trinajstić information content (AvgIpc) is 2.94. The fourth-order valence-corrected chi connectivity index (χ4v) is 2.39. The molecule has 6 heteroatoms. The van der Waals surface area contributed by atoms with Crippen molar-refractivity contribution in [3.63, 3.8) is 0 Å². The zero-order chi connectivity index (χ0) is 15.7. The lowest BCUT2D eigenvalue weighted by molar-refractivity contribution is 0.00578. The highest BCUT2D eigenvalue weighted by atomic mass is 16.7. The van der Waals surface area contributed by atoms with E-state index >= 15 is 0 Å². The Morgan fingerprint density at radius 1 is 1.14 bits per heavy atom. The van der Waals surface area contributed by atoms with Gasteiger partial charge in [-0.05, 0) is 40.8 Å². The van der Waals surface area contributed by atoms with Crippen LogP contribution in [-0.2, 0) is 15.9 Å². The molecule has 1 aromatic rings. The van der Waals surface area contributed by atoms with Gasteiger partial charge in [-0.1, -0.05) is 13.8 Å². The van der Waals surface area contributed by atoms with Gasteiger partial charge in [-0.25, -0.2) is 0 Å². The normalized spacial score (nSPS) is 20.4. The molecule has 2 rings (SSSR count). The SMILES string of the molecule is CCN(CC)CCn1cc(B2OC(C)(C)C(C)(C)O2)cn1. The molecule has 0 unspecified atom stereocenters. The number of nitrogens with zero attached hydrogens (tertiary/aromatic N) is 3. The van der Waals surface area contributed by atoms with Crippen LogP contribution in [-0.4, -0.2) is 52.6 Å². The molecule has 21 heavy (non-hydrogen) atoms. The Kier molecular flexibility index (Phi) is 4.80. The number of likely N-dealkylation sites (N-methyl/N-ethyl adjacent to an activating group) is 1. The average molecular weight is 293 g/mol. The third-order valence-corrected chi connectivity index (χ3v) is 4.72. The Bertz CT molecular complexity index is 453. The van der Waals surface area contributed by atoms with Crippen molar-refractivity contribution in [2.45, 2.75) is 59.3 Å². The van der Waals surface area contributed by atoms with Gasteiger partial charge in [0, 0.05) is 24.4 Å². The number of hydrogen-bond acceptors (Lipinski definition) is 4. The topological polar surface area (TPSA) is 39.5 Å². The van der Waals surface area contributed by atoms with Crippen LogP contribution in [0, 0.1) is 0 Å². The van der Waals surface area contributed by atoms with E-state index in [2.05, 4.69) is 51.5 Å². The summed E-state index contributed by atoms with van der Waals surface area (Å²) in [5.74, 6) is 0. The van der Waals surface area contributed by atoms with Crippen LogP contribution in [0.25, 0.3) is 0 Å². The van der Waals surface area contributed by atoms with Crippen molar-refractivity contribution in [2.24, 2.45) is 0 Å². The first-order valence-electron chi connectivity index (χ1n) is 7.89. The van der Waals surface area contributed by atoms with Crippen LogP contribution in [0.2, 0.25) is 0 Å². The molecule has 2 heterocycles. The second kappa shape index (κ2) is 6.11. The molecule has 0 amide bonds. The van der Waals surface area contributed by atoms with Gasteiger partial charge < -0.3 is 14.2 Å². The summed E-state index contributed by atoms with van der Waals surface area (Å²) in [6.07, 6.45) is 3.88. The lowest BCUT2D eigenvalue weighted by atomic mass is 9.82. The molecule has 1 aliphatic rings. The molecule has 0 N–H and O–H groups in total. The summed E-state index contributed by atoms with van der Waals surface area (Å²) in [4.78, 5) is 2.39. The standard InChI is InChI=1S/C15H28BN3O2/c1-7-18(8-2)9-10-19-12-13(11-17-19)16-20-14(3,4)15(5,6)21-16/h11-12H,7-10H2,1-6H3. The molecule has 1 saturated heterocycles. The first kappa shape index (κ1) is 16.5. The molecular formula is C15H28BN3O2. The van der Waals surface area contributed by atoms with Crippen molar-refractivity contribution in [3.8, 4) is 0 Å². The largest absolute Gasteiger partial charge is 0.498 e. The van der Waals surface area contributed by atoms with Crippen molar-refractivity contribution in [1.82, 2.24) is 14.7 Å². The van der Waals surface area contributed by atoms with Gasteiger partial charge in [-0.2, -0.15) is 5.10 Å². The smallest absolute Gasteiger partial charge is 0.399 e. The van der Waals surface area contributed by atoms with Gasteiger partial charge in [-0.15, -0.1) is 0 Å². The van der Waals surface area contributed by atoms with Crippen LogP contribution in [0.5, 0.6) is 0 Å². The quantitative estimate of drug-likeness (QED) is 0.746. The molecule has 0 spiro atoms. The predicted molar refractivity (Wildman–Crippen MR) is 85.7 cm³/mol. The van der Waals surface area contributed by atoms with E-state index in [0.29, 0.717) is 0 Å². The maximum atomic E-state index is 6.05. The molecule has 0 bridgehead atoms. The van der Waals surface area contributed by atoms with Crippen molar-refractivity contribution in [1.29, 1.82) is 0 Å². The fraction of sp³-hybridized carbons (Fsp3) is 0.800. The van der Waals surface area contributed by atoms with Crippen molar-refractivity contribution >= 4 is 12.6 Å². The van der Waals surface area contributed by atoms with Gasteiger partial charge in [0.25, 0.3) is 0 Å². The Hall–Kier alpha value is -0.845. The number of hydrogen-bond donors (Lipinski definition) is 0. The van der Waals surface area contributed by atoms with Crippen molar-refractivity contribution in [2.75, 3.05) is 19.6 Å². The van der Waals surface area contributed by atoms with Gasteiger partial charge in [-0.3, -0.25) is 4.68 Å². The van der Waals surface area contributed by atoms with Gasteiger partial charge in [0.2, 0.25) is 0 Å². The molecule has 5 nitrogen and oxygen atoms in total. The summed E-state index contributed by atoms with van der Waals surface area (Å²) in [5.41, 5.74) is 0.385. The maximum Gasteiger partial charge on any atom is 0.498 e. The highest BCUT2D eigenvalue weighted by molar-refractivity contribution is 6.61. The summed E-state index contributed by atoms with van der Waals surface area (Å²) < 4.78 is 14.1. The second-order valence-electron chi connectivity index (χ2n) is 6.65. The van der Waals surface area contributed by atoms with Crippen LogP contribution >= 0.6 is 0 Å². The van der Waals surface area contributed by atoms with Gasteiger partial charge in [0.1, 0.15) is 0 Å². The molecule has 0 saturated carbocycles. The molecule has 1 aliphatic heterocycles. The number of rotatable bonds is 6. The minimum absolute atomic E-state index is 0.305. The molecule has 0 aromatic carbocycles. The summed E-state index contributed by atoms with van der Waals surface area (Å²) in [6, 6.07) is 0. The first-order chi connectivity index (χ1) is 9.79. The van der Waals surface area contributed by atoms with E-state index in [1.165, 1.54) is 0 Å². The van der Waals surface area contributed by atoms with E-state index in [1.807, 2.05) is 17.1 Å². The van der Waals surface area contributed by atoms with E-state index in [1.54, 1.807) is 0 Å². The van der Waals surface area contributed by atoms with Gasteiger partial charge in [0.05, 0.1) is 17.7 Å². The molecule has 0 aliphatic carbocycles. The minimum Gasteiger partial charge on any atom is -0.399 e. The molecule has 0 radical (unpaired) electrons. The van der Waals surface area contributed by atoms with E-state index in [0.717, 1.165) is 31.6 Å².